The highest BCUT2D eigenvalue weighted by Gasteiger charge is 2.28. The van der Waals surface area contributed by atoms with Crippen molar-refractivity contribution in [2.24, 2.45) is 5.92 Å². The third kappa shape index (κ3) is 4.12. The molecular weight excluding hydrogens is 406 g/mol. The highest BCUT2D eigenvalue weighted by atomic mass is 16.5. The van der Waals surface area contributed by atoms with E-state index in [2.05, 4.69) is 34.6 Å². The van der Waals surface area contributed by atoms with Crippen LogP contribution in [0.15, 0.2) is 36.9 Å². The summed E-state index contributed by atoms with van der Waals surface area (Å²) in [6.07, 6.45) is 6.43. The summed E-state index contributed by atoms with van der Waals surface area (Å²) in [7, 11) is 3.30. The molecule has 0 amide bonds. The second-order valence-corrected chi connectivity index (χ2v) is 8.36. The SMILES string of the molecule is COc1cc2ncnc(N3CCC(CN4CCN(c5ncccn5)CC4)C3)c2cc1OC. The number of piperazine rings is 1. The maximum atomic E-state index is 5.51. The Bertz CT molecular complexity index is 1060. The lowest BCUT2D eigenvalue weighted by Crippen LogP contribution is -2.48. The van der Waals surface area contributed by atoms with Crippen LogP contribution in [0.2, 0.25) is 0 Å². The topological polar surface area (TPSA) is 79.7 Å². The van der Waals surface area contributed by atoms with Gasteiger partial charge in [-0.15, -0.1) is 0 Å². The molecule has 4 heterocycles. The minimum atomic E-state index is 0.625. The maximum Gasteiger partial charge on any atom is 0.225 e. The first-order valence-corrected chi connectivity index (χ1v) is 11.1. The van der Waals surface area contributed by atoms with Gasteiger partial charge in [-0.2, -0.15) is 0 Å². The van der Waals surface area contributed by atoms with Crippen molar-refractivity contribution in [1.29, 1.82) is 0 Å². The molecule has 2 saturated heterocycles. The average molecular weight is 436 g/mol. The molecule has 32 heavy (non-hydrogen) atoms. The Kier molecular flexibility index (Phi) is 5.89. The van der Waals surface area contributed by atoms with Crippen LogP contribution in [0.4, 0.5) is 11.8 Å². The van der Waals surface area contributed by atoms with Crippen LogP contribution in [0.1, 0.15) is 6.42 Å². The van der Waals surface area contributed by atoms with Gasteiger partial charge in [-0.25, -0.2) is 19.9 Å². The Hall–Kier alpha value is -3.20. The first kappa shape index (κ1) is 20.7. The Morgan fingerprint density at radius 2 is 1.62 bits per heavy atom. The largest absolute Gasteiger partial charge is 0.493 e. The van der Waals surface area contributed by atoms with Crippen LogP contribution in [0.5, 0.6) is 11.5 Å². The molecule has 3 aromatic rings. The van der Waals surface area contributed by atoms with Crippen molar-refractivity contribution < 1.29 is 9.47 Å². The fourth-order valence-electron chi connectivity index (χ4n) is 4.75. The molecule has 2 aromatic heterocycles. The van der Waals surface area contributed by atoms with Gasteiger partial charge in [0.15, 0.2) is 11.5 Å². The van der Waals surface area contributed by atoms with Crippen molar-refractivity contribution in [2.45, 2.75) is 6.42 Å². The minimum Gasteiger partial charge on any atom is -0.493 e. The van der Waals surface area contributed by atoms with E-state index in [-0.39, 0.29) is 0 Å². The zero-order valence-corrected chi connectivity index (χ0v) is 18.6. The summed E-state index contributed by atoms with van der Waals surface area (Å²) in [5.74, 6) is 3.82. The van der Waals surface area contributed by atoms with Gasteiger partial charge in [0.25, 0.3) is 0 Å². The number of aromatic nitrogens is 4. The number of ether oxygens (including phenoxy) is 2. The minimum absolute atomic E-state index is 0.625. The van der Waals surface area contributed by atoms with Gasteiger partial charge in [-0.3, -0.25) is 4.90 Å². The van der Waals surface area contributed by atoms with Gasteiger partial charge in [0.2, 0.25) is 5.95 Å². The van der Waals surface area contributed by atoms with Crippen LogP contribution < -0.4 is 19.3 Å². The summed E-state index contributed by atoms with van der Waals surface area (Å²) >= 11 is 0. The number of rotatable bonds is 6. The van der Waals surface area contributed by atoms with Crippen molar-refractivity contribution in [1.82, 2.24) is 24.8 Å². The van der Waals surface area contributed by atoms with E-state index in [1.807, 2.05) is 30.6 Å². The standard InChI is InChI=1S/C23H29N7O2/c1-31-20-12-18-19(13-21(20)32-2)26-16-27-22(18)30-7-4-17(15-30)14-28-8-10-29(11-9-28)23-24-5-3-6-25-23/h3,5-6,12-13,16-17H,4,7-11,14-15H2,1-2H3. The summed E-state index contributed by atoms with van der Waals surface area (Å²) in [4.78, 5) is 25.1. The maximum absolute atomic E-state index is 5.51. The summed E-state index contributed by atoms with van der Waals surface area (Å²) in [5.41, 5.74) is 0.871. The zero-order chi connectivity index (χ0) is 21.9. The number of hydrogen-bond donors (Lipinski definition) is 0. The van der Waals surface area contributed by atoms with E-state index in [9.17, 15) is 0 Å². The second-order valence-electron chi connectivity index (χ2n) is 8.36. The molecule has 9 heteroatoms. The number of benzene rings is 1. The number of anilines is 2. The van der Waals surface area contributed by atoms with Crippen molar-refractivity contribution in [2.75, 3.05) is 69.8 Å². The van der Waals surface area contributed by atoms with Crippen LogP contribution in [0.25, 0.3) is 10.9 Å². The third-order valence-corrected chi connectivity index (χ3v) is 6.43. The number of nitrogens with zero attached hydrogens (tertiary/aromatic N) is 7. The van der Waals surface area contributed by atoms with Crippen LogP contribution >= 0.6 is 0 Å². The van der Waals surface area contributed by atoms with Crippen molar-refractivity contribution in [3.8, 4) is 11.5 Å². The monoisotopic (exact) mass is 435 g/mol. The fourth-order valence-corrected chi connectivity index (χ4v) is 4.75. The van der Waals surface area contributed by atoms with Gasteiger partial charge in [-0.1, -0.05) is 0 Å². The molecule has 1 aromatic carbocycles. The summed E-state index contributed by atoms with van der Waals surface area (Å²) in [5, 5.41) is 1.00. The molecule has 168 valence electrons. The quantitative estimate of drug-likeness (QED) is 0.578. The summed E-state index contributed by atoms with van der Waals surface area (Å²) < 4.78 is 10.9. The molecule has 5 rings (SSSR count). The molecule has 2 fully saturated rings. The highest BCUT2D eigenvalue weighted by Crippen LogP contribution is 2.36. The molecule has 0 aliphatic carbocycles. The van der Waals surface area contributed by atoms with E-state index < -0.39 is 0 Å². The first-order valence-electron chi connectivity index (χ1n) is 11.1. The van der Waals surface area contributed by atoms with Crippen LogP contribution in [0.3, 0.4) is 0 Å². The van der Waals surface area contributed by atoms with E-state index in [1.165, 1.54) is 6.42 Å². The van der Waals surface area contributed by atoms with E-state index in [0.717, 1.165) is 68.5 Å². The molecule has 0 N–H and O–H groups in total. The predicted molar refractivity (Wildman–Crippen MR) is 124 cm³/mol. The van der Waals surface area contributed by atoms with Crippen molar-refractivity contribution in [3.05, 3.63) is 36.9 Å². The lowest BCUT2D eigenvalue weighted by molar-refractivity contribution is 0.224. The van der Waals surface area contributed by atoms with E-state index in [0.29, 0.717) is 17.4 Å². The van der Waals surface area contributed by atoms with Crippen LogP contribution in [-0.4, -0.2) is 84.9 Å². The molecule has 1 unspecified atom stereocenters. The Morgan fingerprint density at radius 3 is 2.38 bits per heavy atom. The van der Waals surface area contributed by atoms with Gasteiger partial charge < -0.3 is 19.3 Å². The van der Waals surface area contributed by atoms with Crippen LogP contribution in [0, 0.1) is 5.92 Å². The highest BCUT2D eigenvalue weighted by molar-refractivity contribution is 5.92. The molecule has 0 bridgehead atoms. The van der Waals surface area contributed by atoms with Crippen LogP contribution in [-0.2, 0) is 0 Å². The number of fused-ring (bicyclic) bond motifs is 1. The van der Waals surface area contributed by atoms with E-state index in [1.54, 1.807) is 20.5 Å². The molecule has 0 spiro atoms. The second kappa shape index (κ2) is 9.12. The van der Waals surface area contributed by atoms with E-state index in [4.69, 9.17) is 9.47 Å². The van der Waals surface area contributed by atoms with Gasteiger partial charge in [-0.05, 0) is 24.5 Å². The van der Waals surface area contributed by atoms with Crippen molar-refractivity contribution >= 4 is 22.7 Å². The smallest absolute Gasteiger partial charge is 0.225 e. The molecule has 0 radical (unpaired) electrons. The lowest BCUT2D eigenvalue weighted by atomic mass is 10.1. The van der Waals surface area contributed by atoms with Gasteiger partial charge >= 0.3 is 0 Å². The van der Waals surface area contributed by atoms with Crippen molar-refractivity contribution in [3.63, 3.8) is 0 Å². The zero-order valence-electron chi connectivity index (χ0n) is 18.6. The molecule has 2 aliphatic rings. The average Bonchev–Trinajstić information content (AvgIpc) is 3.32. The normalized spacial score (nSPS) is 19.5. The number of hydrogen-bond acceptors (Lipinski definition) is 9. The summed E-state index contributed by atoms with van der Waals surface area (Å²) in [6, 6.07) is 5.77. The Morgan fingerprint density at radius 1 is 0.875 bits per heavy atom. The first-order chi connectivity index (χ1) is 15.7. The summed E-state index contributed by atoms with van der Waals surface area (Å²) in [6.45, 7) is 7.15. The van der Waals surface area contributed by atoms with Gasteiger partial charge in [0, 0.05) is 69.7 Å². The van der Waals surface area contributed by atoms with Gasteiger partial charge in [0.1, 0.15) is 12.1 Å². The van der Waals surface area contributed by atoms with Gasteiger partial charge in [0.05, 0.1) is 19.7 Å². The Balaban J connectivity index is 1.23. The Labute approximate surface area is 188 Å². The molecular formula is C23H29N7O2. The molecule has 1 atom stereocenters. The lowest BCUT2D eigenvalue weighted by Gasteiger charge is -2.35. The molecule has 9 nitrogen and oxygen atoms in total. The predicted octanol–water partition coefficient (Wildman–Crippen LogP) is 2.09. The fraction of sp³-hybridized carbons (Fsp3) is 0.478. The molecule has 2 aliphatic heterocycles. The molecule has 0 saturated carbocycles. The van der Waals surface area contributed by atoms with E-state index >= 15 is 0 Å². The third-order valence-electron chi connectivity index (χ3n) is 6.43. The number of methoxy groups -OCH3 is 2.